The highest BCUT2D eigenvalue weighted by molar-refractivity contribution is 5.92. The zero-order valence-corrected chi connectivity index (χ0v) is 15.6. The normalized spacial score (nSPS) is 15.8. The Bertz CT molecular complexity index is 883. The number of nitrogens with zero attached hydrogens (tertiary/aromatic N) is 1. The van der Waals surface area contributed by atoms with E-state index >= 15 is 0 Å². The van der Waals surface area contributed by atoms with Gasteiger partial charge >= 0.3 is 12.1 Å². The maximum Gasteiger partial charge on any atom is 0.410 e. The van der Waals surface area contributed by atoms with Crippen LogP contribution in [0.3, 0.4) is 0 Å². The molecule has 8 heteroatoms. The van der Waals surface area contributed by atoms with E-state index < -0.39 is 18.1 Å². The number of nitrogens with one attached hydrogen (secondary N) is 1. The van der Waals surface area contributed by atoms with Crippen molar-refractivity contribution in [2.75, 3.05) is 11.9 Å². The minimum Gasteiger partial charge on any atom is -0.480 e. The molecule has 0 unspecified atom stereocenters. The van der Waals surface area contributed by atoms with E-state index in [-0.39, 0.29) is 24.8 Å². The molecular formula is C21H21FN2O5. The predicted octanol–water partition coefficient (Wildman–Crippen LogP) is 3.19. The highest BCUT2D eigenvalue weighted by Gasteiger charge is 2.34. The van der Waals surface area contributed by atoms with Crippen LogP contribution in [-0.2, 0) is 27.4 Å². The molecule has 0 aromatic heterocycles. The largest absolute Gasteiger partial charge is 0.480 e. The number of likely N-dealkylation sites (tertiary alicyclic amines) is 1. The molecule has 0 spiro atoms. The van der Waals surface area contributed by atoms with E-state index in [9.17, 15) is 18.8 Å². The molecule has 2 aromatic rings. The average molecular weight is 400 g/mol. The maximum atomic E-state index is 12.9. The fourth-order valence-corrected chi connectivity index (χ4v) is 3.15. The lowest BCUT2D eigenvalue weighted by molar-refractivity contribution is -0.141. The second kappa shape index (κ2) is 9.18. The highest BCUT2D eigenvalue weighted by Crippen LogP contribution is 2.19. The first-order valence-electron chi connectivity index (χ1n) is 9.22. The van der Waals surface area contributed by atoms with Crippen molar-refractivity contribution in [2.45, 2.75) is 31.9 Å². The Labute approximate surface area is 167 Å². The van der Waals surface area contributed by atoms with Crippen LogP contribution in [0.15, 0.2) is 48.5 Å². The van der Waals surface area contributed by atoms with Crippen molar-refractivity contribution in [1.82, 2.24) is 4.90 Å². The SMILES string of the molecule is O=C(Cc1ccc(F)cc1)Nc1ccc(COC(=O)N2CCC[C@H]2C(=O)O)cc1. The average Bonchev–Trinajstić information content (AvgIpc) is 3.19. The van der Waals surface area contributed by atoms with Crippen LogP contribution in [0.25, 0.3) is 0 Å². The van der Waals surface area contributed by atoms with E-state index in [0.29, 0.717) is 36.2 Å². The standard InChI is InChI=1S/C21H21FN2O5/c22-16-7-3-14(4-8-16)12-19(25)23-17-9-5-15(6-10-17)13-29-21(28)24-11-1-2-18(24)20(26)27/h3-10,18H,1-2,11-13H2,(H,23,25)(H,26,27)/t18-/m0/s1. The van der Waals surface area contributed by atoms with Crippen molar-refractivity contribution in [3.05, 3.63) is 65.5 Å². The summed E-state index contributed by atoms with van der Waals surface area (Å²) >= 11 is 0. The first kappa shape index (κ1) is 20.3. The number of hydrogen-bond donors (Lipinski definition) is 2. The van der Waals surface area contributed by atoms with Gasteiger partial charge in [-0.1, -0.05) is 24.3 Å². The molecule has 1 atom stereocenters. The summed E-state index contributed by atoms with van der Waals surface area (Å²) in [5.74, 6) is -1.61. The van der Waals surface area contributed by atoms with Gasteiger partial charge in [-0.25, -0.2) is 14.0 Å². The lowest BCUT2D eigenvalue weighted by Crippen LogP contribution is -2.40. The lowest BCUT2D eigenvalue weighted by Gasteiger charge is -2.20. The van der Waals surface area contributed by atoms with Crippen molar-refractivity contribution in [2.24, 2.45) is 0 Å². The molecule has 7 nitrogen and oxygen atoms in total. The monoisotopic (exact) mass is 400 g/mol. The molecule has 2 N–H and O–H groups in total. The molecule has 1 saturated heterocycles. The Morgan fingerprint density at radius 1 is 1.07 bits per heavy atom. The topological polar surface area (TPSA) is 95.9 Å². The van der Waals surface area contributed by atoms with Crippen LogP contribution >= 0.6 is 0 Å². The number of halogens is 1. The maximum absolute atomic E-state index is 12.9. The van der Waals surface area contributed by atoms with Gasteiger partial charge < -0.3 is 15.2 Å². The van der Waals surface area contributed by atoms with Gasteiger partial charge in [0.05, 0.1) is 6.42 Å². The number of rotatable bonds is 6. The van der Waals surface area contributed by atoms with E-state index in [1.807, 2.05) is 0 Å². The summed E-state index contributed by atoms with van der Waals surface area (Å²) in [5.41, 5.74) is 1.99. The number of carboxylic acid groups (broad SMARTS) is 1. The smallest absolute Gasteiger partial charge is 0.410 e. The molecule has 0 saturated carbocycles. The minimum absolute atomic E-state index is 0.00543. The van der Waals surface area contributed by atoms with Crippen LogP contribution in [0.1, 0.15) is 24.0 Å². The third-order valence-electron chi connectivity index (χ3n) is 4.65. The number of anilines is 1. The second-order valence-corrected chi connectivity index (χ2v) is 6.79. The molecule has 2 aromatic carbocycles. The summed E-state index contributed by atoms with van der Waals surface area (Å²) in [7, 11) is 0. The molecule has 152 valence electrons. The zero-order chi connectivity index (χ0) is 20.8. The quantitative estimate of drug-likeness (QED) is 0.776. The van der Waals surface area contributed by atoms with E-state index in [0.717, 1.165) is 0 Å². The summed E-state index contributed by atoms with van der Waals surface area (Å²) in [6.45, 7) is 0.375. The number of amides is 2. The molecule has 29 heavy (non-hydrogen) atoms. The van der Waals surface area contributed by atoms with Crippen LogP contribution in [0.4, 0.5) is 14.9 Å². The predicted molar refractivity (Wildman–Crippen MR) is 103 cm³/mol. The minimum atomic E-state index is -1.03. The van der Waals surface area contributed by atoms with Gasteiger partial charge in [0, 0.05) is 12.2 Å². The zero-order valence-electron chi connectivity index (χ0n) is 15.6. The van der Waals surface area contributed by atoms with Crippen LogP contribution in [0.2, 0.25) is 0 Å². The van der Waals surface area contributed by atoms with Crippen LogP contribution in [0, 0.1) is 5.82 Å². The molecule has 1 aliphatic rings. The van der Waals surface area contributed by atoms with E-state index in [1.165, 1.54) is 17.0 Å². The summed E-state index contributed by atoms with van der Waals surface area (Å²) in [6.07, 6.45) is 0.543. The number of carbonyl (C=O) groups is 3. The van der Waals surface area contributed by atoms with E-state index in [4.69, 9.17) is 9.84 Å². The Kier molecular flexibility index (Phi) is 6.43. The number of carbonyl (C=O) groups excluding carboxylic acids is 2. The Hall–Kier alpha value is -3.42. The third-order valence-corrected chi connectivity index (χ3v) is 4.65. The van der Waals surface area contributed by atoms with Gasteiger partial charge in [-0.3, -0.25) is 9.69 Å². The van der Waals surface area contributed by atoms with Gasteiger partial charge in [0.2, 0.25) is 5.91 Å². The number of ether oxygens (including phenoxy) is 1. The van der Waals surface area contributed by atoms with Gasteiger partial charge in [-0.15, -0.1) is 0 Å². The van der Waals surface area contributed by atoms with Gasteiger partial charge in [0.25, 0.3) is 0 Å². The Morgan fingerprint density at radius 3 is 2.38 bits per heavy atom. The fraction of sp³-hybridized carbons (Fsp3) is 0.286. The van der Waals surface area contributed by atoms with Gasteiger partial charge in [-0.05, 0) is 48.2 Å². The Morgan fingerprint density at radius 2 is 1.72 bits per heavy atom. The number of hydrogen-bond acceptors (Lipinski definition) is 4. The number of carboxylic acids is 1. The molecule has 1 aliphatic heterocycles. The van der Waals surface area contributed by atoms with Crippen LogP contribution in [-0.4, -0.2) is 40.6 Å². The van der Waals surface area contributed by atoms with Crippen molar-refractivity contribution >= 4 is 23.7 Å². The molecule has 2 amide bonds. The van der Waals surface area contributed by atoms with E-state index in [2.05, 4.69) is 5.32 Å². The molecule has 0 bridgehead atoms. The molecule has 1 fully saturated rings. The summed E-state index contributed by atoms with van der Waals surface area (Å²) < 4.78 is 18.1. The van der Waals surface area contributed by atoms with Gasteiger partial charge in [0.1, 0.15) is 18.5 Å². The molecule has 1 heterocycles. The van der Waals surface area contributed by atoms with Crippen molar-refractivity contribution < 1.29 is 28.6 Å². The first-order chi connectivity index (χ1) is 13.9. The molecule has 3 rings (SSSR count). The first-order valence-corrected chi connectivity index (χ1v) is 9.22. The summed E-state index contributed by atoms with van der Waals surface area (Å²) in [4.78, 5) is 36.5. The second-order valence-electron chi connectivity index (χ2n) is 6.79. The number of aliphatic carboxylic acids is 1. The van der Waals surface area contributed by atoms with Crippen LogP contribution < -0.4 is 5.32 Å². The van der Waals surface area contributed by atoms with Crippen molar-refractivity contribution in [3.8, 4) is 0 Å². The summed E-state index contributed by atoms with van der Waals surface area (Å²) in [5, 5.41) is 11.9. The molecular weight excluding hydrogens is 379 g/mol. The highest BCUT2D eigenvalue weighted by atomic mass is 19.1. The van der Waals surface area contributed by atoms with Crippen molar-refractivity contribution in [1.29, 1.82) is 0 Å². The molecule has 0 radical (unpaired) electrons. The molecule has 0 aliphatic carbocycles. The number of benzene rings is 2. The van der Waals surface area contributed by atoms with Crippen molar-refractivity contribution in [3.63, 3.8) is 0 Å². The Balaban J connectivity index is 1.48. The third kappa shape index (κ3) is 5.54. The van der Waals surface area contributed by atoms with Crippen LogP contribution in [0.5, 0.6) is 0 Å². The lowest BCUT2D eigenvalue weighted by atomic mass is 10.1. The fourth-order valence-electron chi connectivity index (χ4n) is 3.15. The van der Waals surface area contributed by atoms with Gasteiger partial charge in [-0.2, -0.15) is 0 Å². The summed E-state index contributed by atoms with van der Waals surface area (Å²) in [6, 6.07) is 11.7. The van der Waals surface area contributed by atoms with E-state index in [1.54, 1.807) is 36.4 Å². The van der Waals surface area contributed by atoms with Gasteiger partial charge in [0.15, 0.2) is 0 Å².